The Morgan fingerprint density at radius 1 is 1.06 bits per heavy atom. The highest BCUT2D eigenvalue weighted by atomic mass is 16.5. The summed E-state index contributed by atoms with van der Waals surface area (Å²) >= 11 is 0. The lowest BCUT2D eigenvalue weighted by Gasteiger charge is -2.30. The molecule has 3 aromatic rings. The van der Waals surface area contributed by atoms with Crippen LogP contribution >= 0.6 is 0 Å². The molecule has 9 heteroatoms. The maximum Gasteiger partial charge on any atom is 0.231 e. The molecular formula is C23H34N8O. The number of nitrogens with one attached hydrogen (secondary N) is 3. The molecule has 9 nitrogen and oxygen atoms in total. The van der Waals surface area contributed by atoms with Crippen molar-refractivity contribution in [2.45, 2.75) is 39.8 Å². The van der Waals surface area contributed by atoms with Gasteiger partial charge in [0.25, 0.3) is 0 Å². The molecule has 1 saturated heterocycles. The van der Waals surface area contributed by atoms with Crippen LogP contribution in [0.15, 0.2) is 30.6 Å². The molecule has 0 radical (unpaired) electrons. The number of aromatic amines is 1. The van der Waals surface area contributed by atoms with Gasteiger partial charge in [0.15, 0.2) is 11.5 Å². The SMILES string of the molecule is CC(C)N(CCNc1nc(Nc2ccc(N3CCOCC3)cc2)nc2nc[nH]c12)C(C)C. The molecule has 3 heterocycles. The molecule has 32 heavy (non-hydrogen) atoms. The van der Waals surface area contributed by atoms with Crippen molar-refractivity contribution in [3.05, 3.63) is 30.6 Å². The summed E-state index contributed by atoms with van der Waals surface area (Å²) in [6.45, 7) is 14.0. The smallest absolute Gasteiger partial charge is 0.231 e. The predicted molar refractivity (Wildman–Crippen MR) is 130 cm³/mol. The van der Waals surface area contributed by atoms with Crippen molar-refractivity contribution in [3.8, 4) is 0 Å². The summed E-state index contributed by atoms with van der Waals surface area (Å²) in [5.41, 5.74) is 3.59. The number of nitrogens with zero attached hydrogens (tertiary/aromatic N) is 5. The van der Waals surface area contributed by atoms with Gasteiger partial charge in [-0.15, -0.1) is 0 Å². The first-order chi connectivity index (χ1) is 15.5. The first-order valence-electron chi connectivity index (χ1n) is 11.4. The molecule has 172 valence electrons. The normalized spacial score (nSPS) is 14.7. The fourth-order valence-corrected chi connectivity index (χ4v) is 4.14. The Hall–Kier alpha value is -2.91. The average molecular weight is 439 g/mol. The summed E-state index contributed by atoms with van der Waals surface area (Å²) in [5.74, 6) is 1.28. The molecule has 3 N–H and O–H groups in total. The molecule has 1 aromatic carbocycles. The number of anilines is 4. The van der Waals surface area contributed by atoms with Crippen LogP contribution in [0.3, 0.4) is 0 Å². The van der Waals surface area contributed by atoms with Crippen molar-refractivity contribution < 1.29 is 4.74 Å². The Balaban J connectivity index is 1.45. The van der Waals surface area contributed by atoms with Crippen molar-refractivity contribution in [1.29, 1.82) is 0 Å². The standard InChI is InChI=1S/C23H34N8O/c1-16(2)31(17(3)4)10-9-24-21-20-22(26-15-25-20)29-23(28-21)27-18-5-7-19(8-6-18)30-11-13-32-14-12-30/h5-8,15-17H,9-14H2,1-4H3,(H3,24,25,26,27,28,29). The molecule has 0 bridgehead atoms. The molecule has 0 amide bonds. The Labute approximate surface area is 189 Å². The summed E-state index contributed by atoms with van der Waals surface area (Å²) in [7, 11) is 0. The van der Waals surface area contributed by atoms with Crippen LogP contribution in [0.2, 0.25) is 0 Å². The number of ether oxygens (including phenoxy) is 1. The van der Waals surface area contributed by atoms with Gasteiger partial charge in [0.1, 0.15) is 5.52 Å². The minimum atomic E-state index is 0.493. The van der Waals surface area contributed by atoms with Crippen LogP contribution in [0.1, 0.15) is 27.7 Å². The molecule has 1 aliphatic heterocycles. The van der Waals surface area contributed by atoms with E-state index in [1.807, 2.05) is 0 Å². The highest BCUT2D eigenvalue weighted by Gasteiger charge is 2.15. The first kappa shape index (κ1) is 22.3. The molecule has 1 aliphatic rings. The number of aromatic nitrogens is 4. The Morgan fingerprint density at radius 3 is 2.47 bits per heavy atom. The van der Waals surface area contributed by atoms with Gasteiger partial charge in [0.2, 0.25) is 5.95 Å². The van der Waals surface area contributed by atoms with E-state index in [-0.39, 0.29) is 0 Å². The van der Waals surface area contributed by atoms with Crippen LogP contribution in [0.25, 0.3) is 11.2 Å². The maximum absolute atomic E-state index is 5.44. The molecule has 0 atom stereocenters. The Morgan fingerprint density at radius 2 is 1.78 bits per heavy atom. The second-order valence-electron chi connectivity index (χ2n) is 8.62. The number of imidazole rings is 1. The van der Waals surface area contributed by atoms with Crippen LogP contribution in [-0.2, 0) is 4.74 Å². The number of hydrogen-bond acceptors (Lipinski definition) is 8. The van der Waals surface area contributed by atoms with E-state index in [0.717, 1.165) is 56.4 Å². The van der Waals surface area contributed by atoms with Gasteiger partial charge >= 0.3 is 0 Å². The van der Waals surface area contributed by atoms with Crippen LogP contribution in [-0.4, -0.2) is 76.3 Å². The van der Waals surface area contributed by atoms with E-state index in [9.17, 15) is 0 Å². The van der Waals surface area contributed by atoms with E-state index in [2.05, 4.69) is 87.3 Å². The van der Waals surface area contributed by atoms with Gasteiger partial charge in [-0.25, -0.2) is 4.98 Å². The third-order valence-electron chi connectivity index (χ3n) is 5.77. The van der Waals surface area contributed by atoms with Gasteiger partial charge in [0.05, 0.1) is 19.5 Å². The summed E-state index contributed by atoms with van der Waals surface area (Å²) < 4.78 is 5.44. The molecule has 2 aromatic heterocycles. The molecular weight excluding hydrogens is 404 g/mol. The van der Waals surface area contributed by atoms with Gasteiger partial charge in [-0.3, -0.25) is 4.90 Å². The zero-order valence-corrected chi connectivity index (χ0v) is 19.4. The molecule has 0 spiro atoms. The van der Waals surface area contributed by atoms with Gasteiger partial charge in [-0.2, -0.15) is 9.97 Å². The molecule has 1 fully saturated rings. The lowest BCUT2D eigenvalue weighted by Crippen LogP contribution is -2.40. The molecule has 0 saturated carbocycles. The minimum Gasteiger partial charge on any atom is -0.378 e. The largest absolute Gasteiger partial charge is 0.378 e. The highest BCUT2D eigenvalue weighted by Crippen LogP contribution is 2.23. The topological polar surface area (TPSA) is 94.2 Å². The van der Waals surface area contributed by atoms with Crippen LogP contribution in [0, 0.1) is 0 Å². The number of H-pyrrole nitrogens is 1. The van der Waals surface area contributed by atoms with Crippen molar-refractivity contribution in [3.63, 3.8) is 0 Å². The summed E-state index contributed by atoms with van der Waals surface area (Å²) in [5, 5.41) is 6.79. The average Bonchev–Trinajstić information content (AvgIpc) is 3.26. The molecule has 4 rings (SSSR count). The number of benzene rings is 1. The number of fused-ring (bicyclic) bond motifs is 1. The Bertz CT molecular complexity index is 987. The van der Waals surface area contributed by atoms with Crippen LogP contribution < -0.4 is 15.5 Å². The van der Waals surface area contributed by atoms with E-state index < -0.39 is 0 Å². The van der Waals surface area contributed by atoms with E-state index in [1.54, 1.807) is 6.33 Å². The fourth-order valence-electron chi connectivity index (χ4n) is 4.14. The van der Waals surface area contributed by atoms with Gasteiger partial charge in [-0.05, 0) is 52.0 Å². The lowest BCUT2D eigenvalue weighted by atomic mass is 10.2. The van der Waals surface area contributed by atoms with E-state index in [1.165, 1.54) is 5.69 Å². The zero-order valence-electron chi connectivity index (χ0n) is 19.4. The van der Waals surface area contributed by atoms with E-state index in [0.29, 0.717) is 23.7 Å². The van der Waals surface area contributed by atoms with Crippen molar-refractivity contribution in [2.24, 2.45) is 0 Å². The van der Waals surface area contributed by atoms with E-state index >= 15 is 0 Å². The highest BCUT2D eigenvalue weighted by molar-refractivity contribution is 5.84. The number of morpholine rings is 1. The fraction of sp³-hybridized carbons (Fsp3) is 0.522. The molecule has 0 aliphatic carbocycles. The van der Waals surface area contributed by atoms with Crippen LogP contribution in [0.4, 0.5) is 23.1 Å². The van der Waals surface area contributed by atoms with Gasteiger partial charge < -0.3 is 25.3 Å². The lowest BCUT2D eigenvalue weighted by molar-refractivity contribution is 0.122. The van der Waals surface area contributed by atoms with Gasteiger partial charge in [-0.1, -0.05) is 0 Å². The predicted octanol–water partition coefficient (Wildman–Crippen LogP) is 3.46. The van der Waals surface area contributed by atoms with E-state index in [4.69, 9.17) is 9.72 Å². The minimum absolute atomic E-state index is 0.493. The second kappa shape index (κ2) is 10.1. The summed E-state index contributed by atoms with van der Waals surface area (Å²) in [4.78, 5) is 21.6. The monoisotopic (exact) mass is 438 g/mol. The van der Waals surface area contributed by atoms with Crippen LogP contribution in [0.5, 0.6) is 0 Å². The second-order valence-corrected chi connectivity index (χ2v) is 8.62. The summed E-state index contributed by atoms with van der Waals surface area (Å²) in [6, 6.07) is 9.33. The third-order valence-corrected chi connectivity index (χ3v) is 5.77. The van der Waals surface area contributed by atoms with Crippen molar-refractivity contribution in [2.75, 3.05) is 54.9 Å². The van der Waals surface area contributed by atoms with Gasteiger partial charge in [0, 0.05) is 49.6 Å². The zero-order chi connectivity index (χ0) is 22.5. The maximum atomic E-state index is 5.44. The molecule has 0 unspecified atom stereocenters. The first-order valence-corrected chi connectivity index (χ1v) is 11.4. The Kier molecular flexibility index (Phi) is 7.06. The quantitative estimate of drug-likeness (QED) is 0.468. The third kappa shape index (κ3) is 5.28. The number of rotatable bonds is 9. The van der Waals surface area contributed by atoms with Crippen molar-refractivity contribution in [1.82, 2.24) is 24.8 Å². The number of hydrogen-bond donors (Lipinski definition) is 3. The van der Waals surface area contributed by atoms with Crippen molar-refractivity contribution >= 4 is 34.3 Å². The summed E-state index contributed by atoms with van der Waals surface area (Å²) in [6.07, 6.45) is 1.65.